The Bertz CT molecular complexity index is 406. The third-order valence-electron chi connectivity index (χ3n) is 1.88. The molecule has 0 aliphatic carbocycles. The van der Waals surface area contributed by atoms with Gasteiger partial charge in [0.25, 0.3) is 0 Å². The van der Waals surface area contributed by atoms with Crippen molar-refractivity contribution >= 4 is 10.8 Å². The molecule has 0 atom stereocenters. The summed E-state index contributed by atoms with van der Waals surface area (Å²) in [7, 11) is 1.58. The number of aromatic amines is 1. The molecule has 0 radical (unpaired) electrons. The van der Waals surface area contributed by atoms with Crippen LogP contribution in [-0.2, 0) is 0 Å². The number of rotatable bonds is 1. The lowest BCUT2D eigenvalue weighted by Crippen LogP contribution is -1.81. The van der Waals surface area contributed by atoms with Gasteiger partial charge in [0.05, 0.1) is 12.5 Å². The number of hydrogen-bond donors (Lipinski definition) is 2. The molecule has 2 rings (SSSR count). The number of nitrogens with one attached hydrogen (secondary N) is 1. The van der Waals surface area contributed by atoms with E-state index >= 15 is 0 Å². The monoisotopic (exact) mass is 163 g/mol. The third-order valence-corrected chi connectivity index (χ3v) is 1.88. The number of aromatic hydroxyl groups is 1. The molecular formula is C9H9NO2. The van der Waals surface area contributed by atoms with E-state index in [4.69, 9.17) is 4.74 Å². The lowest BCUT2D eigenvalue weighted by atomic mass is 10.2. The van der Waals surface area contributed by atoms with Gasteiger partial charge in [0, 0.05) is 11.6 Å². The summed E-state index contributed by atoms with van der Waals surface area (Å²) in [5, 5.41) is 11.1. The summed E-state index contributed by atoms with van der Waals surface area (Å²) in [5.41, 5.74) is 0. The Hall–Kier alpha value is -1.64. The maximum absolute atomic E-state index is 9.39. The molecule has 3 nitrogen and oxygen atoms in total. The van der Waals surface area contributed by atoms with E-state index in [0.29, 0.717) is 5.75 Å². The van der Waals surface area contributed by atoms with Crippen LogP contribution < -0.4 is 4.74 Å². The Labute approximate surface area is 69.6 Å². The molecule has 2 aromatic rings. The zero-order valence-corrected chi connectivity index (χ0v) is 6.66. The van der Waals surface area contributed by atoms with Crippen molar-refractivity contribution in [3.8, 4) is 11.6 Å². The van der Waals surface area contributed by atoms with E-state index in [1.807, 2.05) is 18.2 Å². The fourth-order valence-electron chi connectivity index (χ4n) is 1.31. The largest absolute Gasteiger partial charge is 0.496 e. The van der Waals surface area contributed by atoms with Gasteiger partial charge in [0.2, 0.25) is 0 Å². The number of ether oxygens (including phenoxy) is 1. The lowest BCUT2D eigenvalue weighted by molar-refractivity contribution is 0.414. The first-order valence-electron chi connectivity index (χ1n) is 3.66. The number of fused-ring (bicyclic) bond motifs is 1. The molecule has 0 bridgehead atoms. The fraction of sp³-hybridized carbons (Fsp3) is 0.111. The van der Waals surface area contributed by atoms with Gasteiger partial charge in [-0.15, -0.1) is 0 Å². The van der Waals surface area contributed by atoms with Gasteiger partial charge in [0.15, 0.2) is 5.88 Å². The second kappa shape index (κ2) is 2.44. The number of H-pyrrole nitrogens is 1. The molecule has 62 valence electrons. The van der Waals surface area contributed by atoms with Crippen molar-refractivity contribution in [1.29, 1.82) is 0 Å². The van der Waals surface area contributed by atoms with Crippen LogP contribution in [0.2, 0.25) is 0 Å². The van der Waals surface area contributed by atoms with Crippen LogP contribution in [0.5, 0.6) is 11.6 Å². The van der Waals surface area contributed by atoms with Crippen molar-refractivity contribution < 1.29 is 9.84 Å². The maximum Gasteiger partial charge on any atom is 0.200 e. The molecule has 1 aromatic heterocycles. The standard InChI is InChI=1S/C9H9NO2/c1-12-7-4-2-3-6-5-10-9(11)8(6)7/h2-5,10-11H,1H3. The minimum atomic E-state index is 0.155. The number of benzene rings is 1. The Kier molecular flexibility index (Phi) is 1.43. The predicted molar refractivity (Wildman–Crippen MR) is 46.5 cm³/mol. The van der Waals surface area contributed by atoms with Crippen molar-refractivity contribution in [3.63, 3.8) is 0 Å². The highest BCUT2D eigenvalue weighted by molar-refractivity contribution is 5.92. The maximum atomic E-state index is 9.39. The Morgan fingerprint density at radius 1 is 1.42 bits per heavy atom. The average Bonchev–Trinajstić information content (AvgIpc) is 2.48. The van der Waals surface area contributed by atoms with Crippen LogP contribution in [0.4, 0.5) is 0 Å². The van der Waals surface area contributed by atoms with Gasteiger partial charge >= 0.3 is 0 Å². The molecule has 1 heterocycles. The summed E-state index contributed by atoms with van der Waals surface area (Å²) in [6, 6.07) is 5.61. The second-order valence-electron chi connectivity index (χ2n) is 2.56. The first kappa shape index (κ1) is 7.03. The summed E-state index contributed by atoms with van der Waals surface area (Å²) in [4.78, 5) is 2.73. The number of methoxy groups -OCH3 is 1. The van der Waals surface area contributed by atoms with Gasteiger partial charge in [-0.05, 0) is 6.07 Å². The molecule has 12 heavy (non-hydrogen) atoms. The van der Waals surface area contributed by atoms with Gasteiger partial charge in [-0.25, -0.2) is 0 Å². The molecule has 2 N–H and O–H groups in total. The minimum Gasteiger partial charge on any atom is -0.496 e. The van der Waals surface area contributed by atoms with Crippen LogP contribution >= 0.6 is 0 Å². The Balaban J connectivity index is 2.84. The van der Waals surface area contributed by atoms with Crippen LogP contribution in [0.25, 0.3) is 10.8 Å². The van der Waals surface area contributed by atoms with E-state index in [-0.39, 0.29) is 5.88 Å². The first-order valence-corrected chi connectivity index (χ1v) is 3.66. The summed E-state index contributed by atoms with van der Waals surface area (Å²) in [6.45, 7) is 0. The molecule has 3 heteroatoms. The van der Waals surface area contributed by atoms with Gasteiger partial charge in [-0.3, -0.25) is 0 Å². The fourth-order valence-corrected chi connectivity index (χ4v) is 1.31. The van der Waals surface area contributed by atoms with Crippen LogP contribution in [0.3, 0.4) is 0 Å². The van der Waals surface area contributed by atoms with Crippen LogP contribution in [0.1, 0.15) is 0 Å². The van der Waals surface area contributed by atoms with Crippen molar-refractivity contribution in [1.82, 2.24) is 4.98 Å². The van der Waals surface area contributed by atoms with Crippen LogP contribution in [0.15, 0.2) is 24.4 Å². The summed E-state index contributed by atoms with van der Waals surface area (Å²) in [5.74, 6) is 0.841. The molecule has 1 aromatic carbocycles. The summed E-state index contributed by atoms with van der Waals surface area (Å²) in [6.07, 6.45) is 1.74. The first-order chi connectivity index (χ1) is 5.83. The molecule has 0 saturated heterocycles. The van der Waals surface area contributed by atoms with Crippen molar-refractivity contribution in [2.45, 2.75) is 0 Å². The van der Waals surface area contributed by atoms with E-state index in [9.17, 15) is 5.11 Å². The normalized spacial score (nSPS) is 10.4. The zero-order valence-electron chi connectivity index (χ0n) is 6.66. The van der Waals surface area contributed by atoms with E-state index < -0.39 is 0 Å². The van der Waals surface area contributed by atoms with E-state index in [2.05, 4.69) is 4.98 Å². The van der Waals surface area contributed by atoms with Crippen molar-refractivity contribution in [2.75, 3.05) is 7.11 Å². The smallest absolute Gasteiger partial charge is 0.200 e. The Morgan fingerprint density at radius 3 is 3.00 bits per heavy atom. The molecular weight excluding hydrogens is 154 g/mol. The van der Waals surface area contributed by atoms with Crippen LogP contribution in [0, 0.1) is 0 Å². The van der Waals surface area contributed by atoms with Gasteiger partial charge in [0.1, 0.15) is 5.75 Å². The predicted octanol–water partition coefficient (Wildman–Crippen LogP) is 1.88. The molecule has 0 spiro atoms. The van der Waals surface area contributed by atoms with Gasteiger partial charge in [-0.2, -0.15) is 0 Å². The van der Waals surface area contributed by atoms with Crippen molar-refractivity contribution in [3.05, 3.63) is 24.4 Å². The van der Waals surface area contributed by atoms with Crippen molar-refractivity contribution in [2.24, 2.45) is 0 Å². The Morgan fingerprint density at radius 2 is 2.25 bits per heavy atom. The third kappa shape index (κ3) is 0.830. The zero-order chi connectivity index (χ0) is 8.55. The molecule has 0 fully saturated rings. The molecule has 0 aliphatic rings. The number of hydrogen-bond acceptors (Lipinski definition) is 2. The molecule has 0 unspecified atom stereocenters. The van der Waals surface area contributed by atoms with E-state index in [0.717, 1.165) is 10.8 Å². The SMILES string of the molecule is COc1cccc2c[nH]c(O)c12. The summed E-state index contributed by atoms with van der Waals surface area (Å²) < 4.78 is 5.09. The summed E-state index contributed by atoms with van der Waals surface area (Å²) >= 11 is 0. The molecule has 0 saturated carbocycles. The average molecular weight is 163 g/mol. The minimum absolute atomic E-state index is 0.155. The number of aromatic nitrogens is 1. The highest BCUT2D eigenvalue weighted by Gasteiger charge is 2.06. The highest BCUT2D eigenvalue weighted by Crippen LogP contribution is 2.31. The lowest BCUT2D eigenvalue weighted by Gasteiger charge is -2.00. The quantitative estimate of drug-likeness (QED) is 0.674. The topological polar surface area (TPSA) is 45.2 Å². The highest BCUT2D eigenvalue weighted by atomic mass is 16.5. The molecule has 0 amide bonds. The van der Waals surface area contributed by atoms with E-state index in [1.54, 1.807) is 13.3 Å². The van der Waals surface area contributed by atoms with E-state index in [1.165, 1.54) is 0 Å². The molecule has 0 aliphatic heterocycles. The van der Waals surface area contributed by atoms with Gasteiger partial charge < -0.3 is 14.8 Å². The van der Waals surface area contributed by atoms with Gasteiger partial charge in [-0.1, -0.05) is 12.1 Å². The second-order valence-corrected chi connectivity index (χ2v) is 2.56. The van der Waals surface area contributed by atoms with Crippen LogP contribution in [-0.4, -0.2) is 17.2 Å².